The highest BCUT2D eigenvalue weighted by Crippen LogP contribution is 2.25. The summed E-state index contributed by atoms with van der Waals surface area (Å²) in [5, 5.41) is 0. The molecule has 0 aromatic heterocycles. The average molecular weight is 326 g/mol. The molecule has 5 nitrogen and oxygen atoms in total. The molecule has 0 N–H and O–H groups in total. The van der Waals surface area contributed by atoms with Crippen molar-refractivity contribution in [3.63, 3.8) is 0 Å². The molecule has 0 saturated carbocycles. The van der Waals surface area contributed by atoms with E-state index in [1.807, 2.05) is 6.92 Å². The molecule has 1 fully saturated rings. The number of sulfonamides is 1. The zero-order valence-corrected chi connectivity index (χ0v) is 14.7. The Hall–Kier alpha value is -1.11. The van der Waals surface area contributed by atoms with Gasteiger partial charge in [-0.3, -0.25) is 4.90 Å². The van der Waals surface area contributed by atoms with Crippen LogP contribution in [0.15, 0.2) is 23.1 Å². The highest BCUT2D eigenvalue weighted by molar-refractivity contribution is 7.89. The molecule has 22 heavy (non-hydrogen) atoms. The molecule has 1 aromatic rings. The van der Waals surface area contributed by atoms with Gasteiger partial charge >= 0.3 is 0 Å². The fourth-order valence-corrected chi connectivity index (χ4v) is 4.45. The van der Waals surface area contributed by atoms with Gasteiger partial charge < -0.3 is 4.74 Å². The zero-order valence-electron chi connectivity index (χ0n) is 13.9. The number of ether oxygens (including phenoxy) is 1. The summed E-state index contributed by atoms with van der Waals surface area (Å²) in [5.41, 5.74) is 0.726. The quantitative estimate of drug-likeness (QED) is 0.831. The van der Waals surface area contributed by atoms with E-state index in [0.717, 1.165) is 25.1 Å². The van der Waals surface area contributed by atoms with E-state index in [9.17, 15) is 8.42 Å². The largest absolute Gasteiger partial charge is 0.497 e. The SMILES string of the molecule is CCC(C)N1CCN(S(=O)(=O)c2ccc(OC)cc2C)CC1. The van der Waals surface area contributed by atoms with Crippen LogP contribution in [0.4, 0.5) is 0 Å². The van der Waals surface area contributed by atoms with Crippen molar-refractivity contribution >= 4 is 10.0 Å². The van der Waals surface area contributed by atoms with Gasteiger partial charge in [-0.2, -0.15) is 4.31 Å². The molecule has 1 aliphatic rings. The topological polar surface area (TPSA) is 49.9 Å². The molecule has 124 valence electrons. The Bertz CT molecular complexity index is 608. The zero-order chi connectivity index (χ0) is 16.3. The maximum absolute atomic E-state index is 12.8. The lowest BCUT2D eigenvalue weighted by atomic mass is 10.2. The van der Waals surface area contributed by atoms with Gasteiger partial charge in [-0.15, -0.1) is 0 Å². The van der Waals surface area contributed by atoms with Crippen LogP contribution in [0, 0.1) is 6.92 Å². The van der Waals surface area contributed by atoms with Crippen molar-refractivity contribution in [3.05, 3.63) is 23.8 Å². The molecule has 1 aliphatic heterocycles. The molecule has 0 spiro atoms. The normalized spacial score (nSPS) is 19.1. The van der Waals surface area contributed by atoms with Crippen molar-refractivity contribution in [2.24, 2.45) is 0 Å². The number of piperazine rings is 1. The molecular weight excluding hydrogens is 300 g/mol. The number of aryl methyl sites for hydroxylation is 1. The maximum Gasteiger partial charge on any atom is 0.243 e. The summed E-state index contributed by atoms with van der Waals surface area (Å²) in [4.78, 5) is 2.73. The number of hydrogen-bond acceptors (Lipinski definition) is 4. The molecule has 0 aliphatic carbocycles. The van der Waals surface area contributed by atoms with Crippen LogP contribution >= 0.6 is 0 Å². The molecule has 1 heterocycles. The van der Waals surface area contributed by atoms with Crippen LogP contribution in [0.2, 0.25) is 0 Å². The van der Waals surface area contributed by atoms with Gasteiger partial charge in [-0.05, 0) is 44.0 Å². The van der Waals surface area contributed by atoms with Gasteiger partial charge in [0, 0.05) is 32.2 Å². The van der Waals surface area contributed by atoms with Crippen molar-refractivity contribution in [2.45, 2.75) is 38.1 Å². The van der Waals surface area contributed by atoms with Crippen LogP contribution in [0.5, 0.6) is 5.75 Å². The summed E-state index contributed by atoms with van der Waals surface area (Å²) >= 11 is 0. The van der Waals surface area contributed by atoms with Crippen molar-refractivity contribution in [3.8, 4) is 5.75 Å². The van der Waals surface area contributed by atoms with E-state index in [2.05, 4.69) is 18.7 Å². The van der Waals surface area contributed by atoms with Crippen molar-refractivity contribution in [1.29, 1.82) is 0 Å². The third-order valence-electron chi connectivity index (χ3n) is 4.49. The second-order valence-electron chi connectivity index (χ2n) is 5.83. The maximum atomic E-state index is 12.8. The van der Waals surface area contributed by atoms with Crippen LogP contribution in [-0.2, 0) is 10.0 Å². The minimum atomic E-state index is -3.42. The van der Waals surface area contributed by atoms with Gasteiger partial charge in [-0.25, -0.2) is 8.42 Å². The first-order chi connectivity index (χ1) is 10.4. The second-order valence-corrected chi connectivity index (χ2v) is 7.74. The Kier molecular flexibility index (Phi) is 5.47. The summed E-state index contributed by atoms with van der Waals surface area (Å²) in [6, 6.07) is 5.62. The number of nitrogens with zero attached hydrogens (tertiary/aromatic N) is 2. The Morgan fingerprint density at radius 3 is 2.36 bits per heavy atom. The Balaban J connectivity index is 2.15. The number of methoxy groups -OCH3 is 1. The summed E-state index contributed by atoms with van der Waals surface area (Å²) in [6.07, 6.45) is 1.09. The Morgan fingerprint density at radius 1 is 1.23 bits per heavy atom. The van der Waals surface area contributed by atoms with Gasteiger partial charge in [-0.1, -0.05) is 6.92 Å². The molecule has 0 amide bonds. The van der Waals surface area contributed by atoms with Crippen LogP contribution in [0.1, 0.15) is 25.8 Å². The second kappa shape index (κ2) is 6.98. The van der Waals surface area contributed by atoms with Crippen LogP contribution < -0.4 is 4.74 Å². The van der Waals surface area contributed by atoms with Crippen LogP contribution in [0.25, 0.3) is 0 Å². The number of benzene rings is 1. The summed E-state index contributed by atoms with van der Waals surface area (Å²) in [5.74, 6) is 0.679. The first-order valence-corrected chi connectivity index (χ1v) is 9.23. The van der Waals surface area contributed by atoms with Gasteiger partial charge in [0.1, 0.15) is 5.75 Å². The predicted octanol–water partition coefficient (Wildman–Crippen LogP) is 2.11. The molecule has 1 aromatic carbocycles. The van der Waals surface area contributed by atoms with E-state index < -0.39 is 10.0 Å². The van der Waals surface area contributed by atoms with E-state index in [1.54, 1.807) is 29.6 Å². The first kappa shape index (κ1) is 17.2. The fraction of sp³-hybridized carbons (Fsp3) is 0.625. The predicted molar refractivity (Wildman–Crippen MR) is 87.8 cm³/mol. The van der Waals surface area contributed by atoms with Gasteiger partial charge in [0.15, 0.2) is 0 Å². The van der Waals surface area contributed by atoms with Crippen molar-refractivity contribution < 1.29 is 13.2 Å². The molecule has 0 radical (unpaired) electrons. The minimum Gasteiger partial charge on any atom is -0.497 e. The number of hydrogen-bond donors (Lipinski definition) is 0. The monoisotopic (exact) mass is 326 g/mol. The fourth-order valence-electron chi connectivity index (χ4n) is 2.82. The van der Waals surface area contributed by atoms with Crippen LogP contribution in [-0.4, -0.2) is 57.0 Å². The lowest BCUT2D eigenvalue weighted by Gasteiger charge is -2.37. The first-order valence-electron chi connectivity index (χ1n) is 7.79. The molecule has 2 rings (SSSR count). The molecule has 0 bridgehead atoms. The van der Waals surface area contributed by atoms with E-state index in [-0.39, 0.29) is 0 Å². The highest BCUT2D eigenvalue weighted by atomic mass is 32.2. The molecule has 6 heteroatoms. The molecule has 1 unspecified atom stereocenters. The third-order valence-corrected chi connectivity index (χ3v) is 6.55. The highest BCUT2D eigenvalue weighted by Gasteiger charge is 2.30. The van der Waals surface area contributed by atoms with Gasteiger partial charge in [0.2, 0.25) is 10.0 Å². The lowest BCUT2D eigenvalue weighted by molar-refractivity contribution is 0.142. The van der Waals surface area contributed by atoms with E-state index in [4.69, 9.17) is 4.74 Å². The summed E-state index contributed by atoms with van der Waals surface area (Å²) in [7, 11) is -1.84. The summed E-state index contributed by atoms with van der Waals surface area (Å²) in [6.45, 7) is 8.86. The van der Waals surface area contributed by atoms with Gasteiger partial charge in [0.25, 0.3) is 0 Å². The van der Waals surface area contributed by atoms with Gasteiger partial charge in [0.05, 0.1) is 12.0 Å². The van der Waals surface area contributed by atoms with E-state index in [0.29, 0.717) is 29.8 Å². The molecular formula is C16H26N2O3S. The molecule has 1 saturated heterocycles. The van der Waals surface area contributed by atoms with Crippen molar-refractivity contribution in [1.82, 2.24) is 9.21 Å². The Labute approximate surface area is 133 Å². The van der Waals surface area contributed by atoms with Crippen LogP contribution in [0.3, 0.4) is 0 Å². The smallest absolute Gasteiger partial charge is 0.243 e. The minimum absolute atomic E-state index is 0.380. The summed E-state index contributed by atoms with van der Waals surface area (Å²) < 4.78 is 32.4. The third kappa shape index (κ3) is 3.45. The standard InChI is InChI=1S/C16H26N2O3S/c1-5-14(3)17-8-10-18(11-9-17)22(19,20)16-7-6-15(21-4)12-13(16)2/h6-7,12,14H,5,8-11H2,1-4H3. The Morgan fingerprint density at radius 2 is 1.86 bits per heavy atom. The number of rotatable bonds is 5. The van der Waals surface area contributed by atoms with E-state index >= 15 is 0 Å². The van der Waals surface area contributed by atoms with E-state index in [1.165, 1.54) is 0 Å². The lowest BCUT2D eigenvalue weighted by Crippen LogP contribution is -2.51. The van der Waals surface area contributed by atoms with Crippen molar-refractivity contribution in [2.75, 3.05) is 33.3 Å². The molecule has 1 atom stereocenters. The average Bonchev–Trinajstić information content (AvgIpc) is 2.53.